The van der Waals surface area contributed by atoms with Crippen molar-refractivity contribution in [2.24, 2.45) is 5.92 Å². The maximum atomic E-state index is 12.8. The van der Waals surface area contributed by atoms with E-state index in [1.54, 1.807) is 11.3 Å². The number of nitrogens with zero attached hydrogens (tertiary/aromatic N) is 2. The first kappa shape index (κ1) is 17.7. The zero-order valence-electron chi connectivity index (χ0n) is 15.8. The van der Waals surface area contributed by atoms with Crippen LogP contribution in [0.5, 0.6) is 0 Å². The molecule has 2 aliphatic rings. The van der Waals surface area contributed by atoms with Gasteiger partial charge in [-0.1, -0.05) is 12.1 Å². The van der Waals surface area contributed by atoms with Crippen LogP contribution >= 0.6 is 11.3 Å². The second kappa shape index (κ2) is 7.16. The predicted octanol–water partition coefficient (Wildman–Crippen LogP) is 3.83. The summed E-state index contributed by atoms with van der Waals surface area (Å²) in [5.74, 6) is 1.73. The molecule has 5 nitrogen and oxygen atoms in total. The summed E-state index contributed by atoms with van der Waals surface area (Å²) in [6.07, 6.45) is 4.48. The topological polar surface area (TPSA) is 58.4 Å². The molecule has 6 heteroatoms. The Bertz CT molecular complexity index is 787. The minimum absolute atomic E-state index is 0.125. The van der Waals surface area contributed by atoms with E-state index in [1.807, 2.05) is 13.8 Å². The molecule has 0 radical (unpaired) electrons. The molecular weight excluding hydrogens is 346 g/mol. The van der Waals surface area contributed by atoms with E-state index in [0.29, 0.717) is 12.0 Å². The van der Waals surface area contributed by atoms with E-state index in [1.165, 1.54) is 28.8 Å². The molecule has 2 aromatic rings. The number of fused-ring (bicyclic) bond motifs is 1. The lowest BCUT2D eigenvalue weighted by molar-refractivity contribution is 0.0929. The van der Waals surface area contributed by atoms with Gasteiger partial charge in [0, 0.05) is 41.5 Å². The van der Waals surface area contributed by atoms with Crippen molar-refractivity contribution in [3.8, 4) is 0 Å². The van der Waals surface area contributed by atoms with Gasteiger partial charge in [0.25, 0.3) is 5.91 Å². The van der Waals surface area contributed by atoms with Gasteiger partial charge in [-0.05, 0) is 51.0 Å². The molecule has 1 N–H and O–H groups in total. The van der Waals surface area contributed by atoms with Gasteiger partial charge in [0.15, 0.2) is 0 Å². The maximum Gasteiger partial charge on any atom is 0.252 e. The Hall–Kier alpha value is -1.66. The summed E-state index contributed by atoms with van der Waals surface area (Å²) in [6, 6.07) is 0.345. The van der Waals surface area contributed by atoms with Crippen LogP contribution < -0.4 is 5.32 Å². The number of hydrogen-bond donors (Lipinski definition) is 1. The van der Waals surface area contributed by atoms with Crippen molar-refractivity contribution in [2.45, 2.75) is 65.6 Å². The lowest BCUT2D eigenvalue weighted by Gasteiger charge is -2.27. The van der Waals surface area contributed by atoms with Gasteiger partial charge in [-0.2, -0.15) is 0 Å². The number of hydrogen-bond acceptors (Lipinski definition) is 5. The average Bonchev–Trinajstić information content (AvgIpc) is 3.32. The zero-order chi connectivity index (χ0) is 18.3. The number of amides is 1. The van der Waals surface area contributed by atoms with Gasteiger partial charge in [0.2, 0.25) is 0 Å². The van der Waals surface area contributed by atoms with Gasteiger partial charge in [-0.3, -0.25) is 9.69 Å². The van der Waals surface area contributed by atoms with Crippen LogP contribution in [-0.2, 0) is 19.5 Å². The first-order valence-corrected chi connectivity index (χ1v) is 10.5. The van der Waals surface area contributed by atoms with Gasteiger partial charge >= 0.3 is 0 Å². The van der Waals surface area contributed by atoms with Gasteiger partial charge in [-0.15, -0.1) is 11.3 Å². The van der Waals surface area contributed by atoms with E-state index in [-0.39, 0.29) is 5.91 Å². The smallest absolute Gasteiger partial charge is 0.252 e. The van der Waals surface area contributed by atoms with Gasteiger partial charge in [-0.25, -0.2) is 0 Å². The summed E-state index contributed by atoms with van der Waals surface area (Å²) in [5, 5.41) is 9.39. The molecule has 1 atom stereocenters. The number of nitrogens with one attached hydrogen (secondary N) is 1. The van der Waals surface area contributed by atoms with Crippen molar-refractivity contribution < 1.29 is 9.32 Å². The summed E-state index contributed by atoms with van der Waals surface area (Å²) in [6.45, 7) is 8.87. The molecule has 1 saturated carbocycles. The molecular formula is C20H27N3O2S. The van der Waals surface area contributed by atoms with E-state index in [0.717, 1.165) is 49.5 Å². The molecule has 4 rings (SSSR count). The standard InChI is InChI=1S/C20H27N3O2S/c1-4-18(14-5-6-14)21-20(24)17-11-26-19-10-23(8-7-15(17)19)9-16-12(2)22-25-13(16)3/h11,14,18H,4-10H2,1-3H3,(H,21,24). The number of aromatic nitrogens is 1. The van der Waals surface area contributed by atoms with Crippen LogP contribution in [0.4, 0.5) is 0 Å². The Morgan fingerprint density at radius 1 is 1.46 bits per heavy atom. The fourth-order valence-electron chi connectivity index (χ4n) is 3.96. The molecule has 26 heavy (non-hydrogen) atoms. The molecule has 0 bridgehead atoms. The van der Waals surface area contributed by atoms with E-state index in [9.17, 15) is 4.79 Å². The fourth-order valence-corrected chi connectivity index (χ4v) is 5.08. The molecule has 2 aromatic heterocycles. The number of carbonyl (C=O) groups is 1. The van der Waals surface area contributed by atoms with Crippen molar-refractivity contribution in [3.63, 3.8) is 0 Å². The third-order valence-corrected chi connectivity index (χ3v) is 6.79. The third-order valence-electron chi connectivity index (χ3n) is 5.78. The number of carbonyl (C=O) groups excluding carboxylic acids is 1. The van der Waals surface area contributed by atoms with Crippen LogP contribution in [-0.4, -0.2) is 28.6 Å². The highest BCUT2D eigenvalue weighted by Crippen LogP contribution is 2.35. The summed E-state index contributed by atoms with van der Waals surface area (Å²) in [7, 11) is 0. The highest BCUT2D eigenvalue weighted by atomic mass is 32.1. The SMILES string of the molecule is CCC(NC(=O)c1csc2c1CCN(Cc1c(C)noc1C)C2)C1CC1. The lowest BCUT2D eigenvalue weighted by Crippen LogP contribution is -2.37. The van der Waals surface area contributed by atoms with Crippen LogP contribution in [0.1, 0.15) is 64.0 Å². The third kappa shape index (κ3) is 3.45. The molecule has 0 spiro atoms. The second-order valence-electron chi connectivity index (χ2n) is 7.64. The number of thiophene rings is 1. The highest BCUT2D eigenvalue weighted by molar-refractivity contribution is 7.10. The summed E-state index contributed by atoms with van der Waals surface area (Å²) in [5.41, 5.74) is 4.33. The first-order chi connectivity index (χ1) is 12.6. The van der Waals surface area contributed by atoms with Crippen molar-refractivity contribution in [1.82, 2.24) is 15.4 Å². The molecule has 1 aliphatic heterocycles. The minimum Gasteiger partial charge on any atom is -0.361 e. The molecule has 0 saturated heterocycles. The Morgan fingerprint density at radius 3 is 2.92 bits per heavy atom. The van der Waals surface area contributed by atoms with Crippen LogP contribution in [0.3, 0.4) is 0 Å². The fraction of sp³-hybridized carbons (Fsp3) is 0.600. The van der Waals surface area contributed by atoms with E-state index >= 15 is 0 Å². The summed E-state index contributed by atoms with van der Waals surface area (Å²) in [4.78, 5) is 16.5. The number of aryl methyl sites for hydroxylation is 2. The molecule has 1 fully saturated rings. The second-order valence-corrected chi connectivity index (χ2v) is 8.60. The minimum atomic E-state index is 0.125. The van der Waals surface area contributed by atoms with E-state index < -0.39 is 0 Å². The first-order valence-electron chi connectivity index (χ1n) is 9.61. The summed E-state index contributed by atoms with van der Waals surface area (Å²) >= 11 is 1.72. The predicted molar refractivity (Wildman–Crippen MR) is 102 cm³/mol. The summed E-state index contributed by atoms with van der Waals surface area (Å²) < 4.78 is 5.29. The molecule has 1 amide bonds. The molecule has 0 aromatic carbocycles. The molecule has 3 heterocycles. The van der Waals surface area contributed by atoms with Crippen LogP contribution in [0.25, 0.3) is 0 Å². The maximum absolute atomic E-state index is 12.8. The lowest BCUT2D eigenvalue weighted by atomic mass is 10.0. The van der Waals surface area contributed by atoms with Gasteiger partial charge in [0.05, 0.1) is 11.3 Å². The molecule has 1 unspecified atom stereocenters. The van der Waals surface area contributed by atoms with Gasteiger partial charge in [0.1, 0.15) is 5.76 Å². The Morgan fingerprint density at radius 2 is 2.27 bits per heavy atom. The Labute approximate surface area is 158 Å². The van der Waals surface area contributed by atoms with Crippen molar-refractivity contribution in [1.29, 1.82) is 0 Å². The van der Waals surface area contributed by atoms with E-state index in [2.05, 4.69) is 27.7 Å². The monoisotopic (exact) mass is 373 g/mol. The van der Waals surface area contributed by atoms with Gasteiger partial charge < -0.3 is 9.84 Å². The van der Waals surface area contributed by atoms with Crippen LogP contribution in [0.15, 0.2) is 9.90 Å². The highest BCUT2D eigenvalue weighted by Gasteiger charge is 2.32. The van der Waals surface area contributed by atoms with Crippen molar-refractivity contribution in [3.05, 3.63) is 38.4 Å². The quantitative estimate of drug-likeness (QED) is 0.836. The van der Waals surface area contributed by atoms with Crippen LogP contribution in [0.2, 0.25) is 0 Å². The zero-order valence-corrected chi connectivity index (χ0v) is 16.6. The molecule has 1 aliphatic carbocycles. The van der Waals surface area contributed by atoms with Crippen molar-refractivity contribution >= 4 is 17.2 Å². The number of rotatable bonds is 6. The van der Waals surface area contributed by atoms with Crippen molar-refractivity contribution in [2.75, 3.05) is 6.54 Å². The Kier molecular flexibility index (Phi) is 4.88. The normalized spacial score (nSPS) is 18.6. The molecule has 140 valence electrons. The van der Waals surface area contributed by atoms with Crippen LogP contribution in [0, 0.1) is 19.8 Å². The Balaban J connectivity index is 1.44. The average molecular weight is 374 g/mol. The van der Waals surface area contributed by atoms with E-state index in [4.69, 9.17) is 4.52 Å². The largest absolute Gasteiger partial charge is 0.361 e.